The van der Waals surface area contributed by atoms with Gasteiger partial charge in [0.25, 0.3) is 0 Å². The Morgan fingerprint density at radius 1 is 1.41 bits per heavy atom. The lowest BCUT2D eigenvalue weighted by atomic mass is 10.1. The largest absolute Gasteiger partial charge is 0.478 e. The highest BCUT2D eigenvalue weighted by Crippen LogP contribution is 2.22. The third kappa shape index (κ3) is 2.63. The molecule has 5 nitrogen and oxygen atoms in total. The minimum absolute atomic E-state index is 0.0866. The molecular weight excluding hydrogens is 242 g/mol. The summed E-state index contributed by atoms with van der Waals surface area (Å²) in [6.45, 7) is 3.22. The van der Waals surface area contributed by atoms with E-state index < -0.39 is 21.6 Å². The number of sulfone groups is 1. The zero-order chi connectivity index (χ0) is 13.2. The Kier molecular flexibility index (Phi) is 3.53. The van der Waals surface area contributed by atoms with Crippen molar-refractivity contribution in [2.24, 2.45) is 0 Å². The van der Waals surface area contributed by atoms with Gasteiger partial charge >= 0.3 is 5.97 Å². The van der Waals surface area contributed by atoms with E-state index in [9.17, 15) is 13.2 Å². The number of nitriles is 1. The average molecular weight is 253 g/mol. The molecule has 0 atom stereocenters. The van der Waals surface area contributed by atoms with Gasteiger partial charge in [-0.3, -0.25) is 0 Å². The number of aryl methyl sites for hydroxylation is 1. The summed E-state index contributed by atoms with van der Waals surface area (Å²) in [5, 5.41) is 17.3. The first-order valence-corrected chi connectivity index (χ1v) is 6.39. The van der Waals surface area contributed by atoms with Crippen molar-refractivity contribution in [3.8, 4) is 6.07 Å². The Labute approximate surface area is 99.2 Å². The average Bonchev–Trinajstić information content (AvgIpc) is 2.21. The van der Waals surface area contributed by atoms with Crippen LogP contribution >= 0.6 is 0 Å². The van der Waals surface area contributed by atoms with Gasteiger partial charge in [0.1, 0.15) is 5.75 Å². The van der Waals surface area contributed by atoms with Crippen LogP contribution in [-0.4, -0.2) is 25.2 Å². The van der Waals surface area contributed by atoms with E-state index in [2.05, 4.69) is 0 Å². The lowest BCUT2D eigenvalue weighted by molar-refractivity contribution is 0.0696. The number of carboxylic acid groups (broad SMARTS) is 1. The highest BCUT2D eigenvalue weighted by Gasteiger charge is 2.20. The third-order valence-electron chi connectivity index (χ3n) is 2.46. The monoisotopic (exact) mass is 253 g/mol. The Bertz CT molecular complexity index is 611. The van der Waals surface area contributed by atoms with Crippen molar-refractivity contribution in [3.63, 3.8) is 0 Å². The van der Waals surface area contributed by atoms with Gasteiger partial charge in [0.05, 0.1) is 16.5 Å². The quantitative estimate of drug-likeness (QED) is 0.875. The Morgan fingerprint density at radius 2 is 2.00 bits per heavy atom. The molecule has 17 heavy (non-hydrogen) atoms. The van der Waals surface area contributed by atoms with Crippen molar-refractivity contribution >= 4 is 15.8 Å². The number of benzene rings is 1. The van der Waals surface area contributed by atoms with Crippen LogP contribution in [0.2, 0.25) is 0 Å². The van der Waals surface area contributed by atoms with Gasteiger partial charge in [-0.2, -0.15) is 5.26 Å². The van der Waals surface area contributed by atoms with Gasteiger partial charge in [-0.25, -0.2) is 13.2 Å². The van der Waals surface area contributed by atoms with E-state index in [1.165, 1.54) is 6.07 Å². The molecule has 1 aromatic rings. The molecule has 0 unspecified atom stereocenters. The molecule has 0 aliphatic carbocycles. The molecule has 1 rings (SSSR count). The Hall–Kier alpha value is -1.87. The fourth-order valence-corrected chi connectivity index (χ4v) is 2.70. The van der Waals surface area contributed by atoms with Crippen LogP contribution in [0, 0.1) is 25.2 Å². The van der Waals surface area contributed by atoms with E-state index in [-0.39, 0.29) is 10.5 Å². The highest BCUT2D eigenvalue weighted by atomic mass is 32.2. The number of carbonyl (C=O) groups is 1. The molecule has 1 N–H and O–H groups in total. The highest BCUT2D eigenvalue weighted by molar-refractivity contribution is 7.91. The fourth-order valence-electron chi connectivity index (χ4n) is 1.44. The van der Waals surface area contributed by atoms with Gasteiger partial charge in [0.15, 0.2) is 9.84 Å². The van der Waals surface area contributed by atoms with E-state index >= 15 is 0 Å². The van der Waals surface area contributed by atoms with Gasteiger partial charge in [-0.1, -0.05) is 0 Å². The molecule has 0 bridgehead atoms. The van der Waals surface area contributed by atoms with Crippen molar-refractivity contribution in [1.82, 2.24) is 0 Å². The van der Waals surface area contributed by atoms with E-state index in [1.54, 1.807) is 19.9 Å². The first kappa shape index (κ1) is 13.2. The first-order chi connectivity index (χ1) is 7.79. The lowest BCUT2D eigenvalue weighted by Crippen LogP contribution is -2.10. The molecule has 0 aliphatic heterocycles. The molecule has 0 radical (unpaired) electrons. The van der Waals surface area contributed by atoms with Gasteiger partial charge in [-0.05, 0) is 37.1 Å². The maximum atomic E-state index is 11.8. The second-order valence-electron chi connectivity index (χ2n) is 3.64. The normalized spacial score (nSPS) is 10.9. The van der Waals surface area contributed by atoms with Crippen molar-refractivity contribution in [2.75, 3.05) is 5.75 Å². The molecule has 0 heterocycles. The topological polar surface area (TPSA) is 95.2 Å². The summed E-state index contributed by atoms with van der Waals surface area (Å²) >= 11 is 0. The number of hydrogen-bond donors (Lipinski definition) is 1. The van der Waals surface area contributed by atoms with Gasteiger partial charge in [-0.15, -0.1) is 0 Å². The first-order valence-electron chi connectivity index (χ1n) is 4.74. The lowest BCUT2D eigenvalue weighted by Gasteiger charge is -2.09. The number of hydrogen-bond acceptors (Lipinski definition) is 4. The van der Waals surface area contributed by atoms with Gasteiger partial charge < -0.3 is 5.11 Å². The van der Waals surface area contributed by atoms with Crippen LogP contribution in [0.15, 0.2) is 17.0 Å². The second kappa shape index (κ2) is 4.55. The van der Waals surface area contributed by atoms with Crippen molar-refractivity contribution in [2.45, 2.75) is 18.7 Å². The Balaban J connectivity index is 3.55. The molecule has 90 valence electrons. The van der Waals surface area contributed by atoms with Crippen molar-refractivity contribution in [3.05, 3.63) is 28.8 Å². The van der Waals surface area contributed by atoms with Crippen molar-refractivity contribution < 1.29 is 18.3 Å². The molecule has 0 aromatic heterocycles. The van der Waals surface area contributed by atoms with E-state index in [1.807, 2.05) is 0 Å². The summed E-state index contributed by atoms with van der Waals surface area (Å²) in [6.07, 6.45) is 0. The van der Waals surface area contributed by atoms with Crippen molar-refractivity contribution in [1.29, 1.82) is 5.26 Å². The minimum Gasteiger partial charge on any atom is -0.478 e. The predicted molar refractivity (Wildman–Crippen MR) is 60.5 cm³/mol. The molecule has 0 fully saturated rings. The summed E-state index contributed by atoms with van der Waals surface area (Å²) in [5.41, 5.74) is 0.955. The summed E-state index contributed by atoms with van der Waals surface area (Å²) in [7, 11) is -3.74. The standard InChI is InChI=1S/C11H11NO4S/c1-7-5-9(11(13)14)6-10(8(7)2)17(15,16)4-3-12/h5-6H,4H2,1-2H3,(H,13,14). The van der Waals surface area contributed by atoms with Crippen LogP contribution in [0.4, 0.5) is 0 Å². The predicted octanol–water partition coefficient (Wildman–Crippen LogP) is 1.30. The van der Waals surface area contributed by atoms with Crippen LogP contribution in [0.5, 0.6) is 0 Å². The summed E-state index contributed by atoms with van der Waals surface area (Å²) < 4.78 is 23.5. The molecule has 0 saturated heterocycles. The Morgan fingerprint density at radius 3 is 2.47 bits per heavy atom. The molecule has 0 spiro atoms. The van der Waals surface area contributed by atoms with Crippen LogP contribution in [0.3, 0.4) is 0 Å². The summed E-state index contributed by atoms with van der Waals surface area (Å²) in [6, 6.07) is 4.07. The van der Waals surface area contributed by atoms with E-state index in [0.717, 1.165) is 6.07 Å². The smallest absolute Gasteiger partial charge is 0.335 e. The maximum Gasteiger partial charge on any atom is 0.335 e. The minimum atomic E-state index is -3.74. The number of aromatic carboxylic acids is 1. The third-order valence-corrected chi connectivity index (χ3v) is 4.06. The zero-order valence-corrected chi connectivity index (χ0v) is 10.2. The second-order valence-corrected chi connectivity index (χ2v) is 5.60. The number of carboxylic acids is 1. The SMILES string of the molecule is Cc1cc(C(=O)O)cc(S(=O)(=O)CC#N)c1C. The fraction of sp³-hybridized carbons (Fsp3) is 0.273. The van der Waals surface area contributed by atoms with Gasteiger partial charge in [0, 0.05) is 0 Å². The number of rotatable bonds is 3. The maximum absolute atomic E-state index is 11.8. The molecular formula is C11H11NO4S. The van der Waals surface area contributed by atoms with Gasteiger partial charge in [0.2, 0.25) is 0 Å². The summed E-state index contributed by atoms with van der Waals surface area (Å²) in [5.74, 6) is -1.85. The number of nitrogens with zero attached hydrogens (tertiary/aromatic N) is 1. The molecule has 6 heteroatoms. The van der Waals surface area contributed by atoms with Crippen LogP contribution in [0.25, 0.3) is 0 Å². The molecule has 0 saturated carbocycles. The van der Waals surface area contributed by atoms with E-state index in [4.69, 9.17) is 10.4 Å². The van der Waals surface area contributed by atoms with E-state index in [0.29, 0.717) is 11.1 Å². The molecule has 0 amide bonds. The zero-order valence-electron chi connectivity index (χ0n) is 9.39. The molecule has 0 aliphatic rings. The van der Waals surface area contributed by atoms with Crippen LogP contribution in [-0.2, 0) is 9.84 Å². The van der Waals surface area contributed by atoms with Crippen LogP contribution < -0.4 is 0 Å². The summed E-state index contributed by atoms with van der Waals surface area (Å²) in [4.78, 5) is 10.8. The molecule has 1 aromatic carbocycles. The van der Waals surface area contributed by atoms with Crippen LogP contribution in [0.1, 0.15) is 21.5 Å².